The molecule has 28 heavy (non-hydrogen) atoms. The lowest BCUT2D eigenvalue weighted by molar-refractivity contribution is -0.152. The van der Waals surface area contributed by atoms with E-state index in [4.69, 9.17) is 14.3 Å². The summed E-state index contributed by atoms with van der Waals surface area (Å²) < 4.78 is 47.5. The zero-order valence-electron chi connectivity index (χ0n) is 15.8. The Kier molecular flexibility index (Phi) is 5.71. The average molecular weight is 400 g/mol. The standard InChI is InChI=1S/C19H23F3N2O4/c1-26-15-4-3-13(11-16(15)27-2)14-12-18(28-23-14)7-9-24(10-8-18)17(25)5-6-19(20,21)22/h3-4,11H,5-10,12H2,1-2H3. The highest BCUT2D eigenvalue weighted by Gasteiger charge is 2.43. The molecule has 1 aromatic carbocycles. The highest BCUT2D eigenvalue weighted by Crippen LogP contribution is 2.38. The minimum absolute atomic E-state index is 0.366. The van der Waals surface area contributed by atoms with Crippen LogP contribution >= 0.6 is 0 Å². The van der Waals surface area contributed by atoms with Gasteiger partial charge in [0.05, 0.1) is 26.4 Å². The third-order valence-corrected chi connectivity index (χ3v) is 5.21. The molecule has 1 aromatic rings. The lowest BCUT2D eigenvalue weighted by Gasteiger charge is -2.37. The van der Waals surface area contributed by atoms with Crippen LogP contribution in [0, 0.1) is 0 Å². The Hall–Kier alpha value is -2.45. The number of hydrogen-bond donors (Lipinski definition) is 0. The summed E-state index contributed by atoms with van der Waals surface area (Å²) in [5, 5.41) is 4.22. The molecule has 0 aromatic heterocycles. The number of likely N-dealkylation sites (tertiary alicyclic amines) is 1. The Morgan fingerprint density at radius 2 is 1.89 bits per heavy atom. The number of carbonyl (C=O) groups excluding carboxylic acids is 1. The highest BCUT2D eigenvalue weighted by molar-refractivity contribution is 6.02. The quantitative estimate of drug-likeness (QED) is 0.759. The molecule has 0 aliphatic carbocycles. The maximum atomic E-state index is 12.3. The fourth-order valence-corrected chi connectivity index (χ4v) is 3.53. The summed E-state index contributed by atoms with van der Waals surface area (Å²) in [5.74, 6) is 0.742. The number of oxime groups is 1. The molecule has 0 saturated carbocycles. The Morgan fingerprint density at radius 1 is 1.21 bits per heavy atom. The summed E-state index contributed by atoms with van der Waals surface area (Å²) in [7, 11) is 3.12. The van der Waals surface area contributed by atoms with Crippen molar-refractivity contribution in [3.63, 3.8) is 0 Å². The third kappa shape index (κ3) is 4.51. The first-order valence-electron chi connectivity index (χ1n) is 9.07. The molecule has 2 heterocycles. The first-order chi connectivity index (χ1) is 13.3. The van der Waals surface area contributed by atoms with Crippen molar-refractivity contribution >= 4 is 11.6 Å². The maximum Gasteiger partial charge on any atom is 0.389 e. The molecule has 0 radical (unpaired) electrons. The van der Waals surface area contributed by atoms with Gasteiger partial charge in [-0.05, 0) is 18.2 Å². The second kappa shape index (κ2) is 7.89. The van der Waals surface area contributed by atoms with Crippen LogP contribution in [0.3, 0.4) is 0 Å². The number of methoxy groups -OCH3 is 2. The predicted molar refractivity (Wildman–Crippen MR) is 95.6 cm³/mol. The molecule has 6 nitrogen and oxygen atoms in total. The second-order valence-corrected chi connectivity index (χ2v) is 7.05. The Bertz CT molecular complexity index is 756. The van der Waals surface area contributed by atoms with E-state index >= 15 is 0 Å². The average Bonchev–Trinajstić information content (AvgIpc) is 3.09. The highest BCUT2D eigenvalue weighted by atomic mass is 19.4. The number of nitrogens with zero attached hydrogens (tertiary/aromatic N) is 2. The molecular formula is C19H23F3N2O4. The van der Waals surface area contributed by atoms with E-state index < -0.39 is 30.5 Å². The number of ether oxygens (including phenoxy) is 2. The molecule has 0 unspecified atom stereocenters. The van der Waals surface area contributed by atoms with E-state index in [9.17, 15) is 18.0 Å². The number of carbonyl (C=O) groups is 1. The van der Waals surface area contributed by atoms with E-state index in [2.05, 4.69) is 5.16 Å². The van der Waals surface area contributed by atoms with Crippen LogP contribution in [0.5, 0.6) is 11.5 Å². The van der Waals surface area contributed by atoms with Gasteiger partial charge in [0.2, 0.25) is 5.91 Å². The Labute approximate surface area is 161 Å². The van der Waals surface area contributed by atoms with Gasteiger partial charge in [-0.25, -0.2) is 0 Å². The number of benzene rings is 1. The molecule has 1 fully saturated rings. The van der Waals surface area contributed by atoms with Crippen molar-refractivity contribution in [1.82, 2.24) is 4.90 Å². The zero-order valence-corrected chi connectivity index (χ0v) is 15.8. The van der Waals surface area contributed by atoms with Crippen molar-refractivity contribution in [2.75, 3.05) is 27.3 Å². The summed E-state index contributed by atoms with van der Waals surface area (Å²) in [6.07, 6.45) is -4.27. The monoisotopic (exact) mass is 400 g/mol. The molecule has 9 heteroatoms. The summed E-state index contributed by atoms with van der Waals surface area (Å²) in [6.45, 7) is 0.733. The summed E-state index contributed by atoms with van der Waals surface area (Å²) in [6, 6.07) is 5.50. The summed E-state index contributed by atoms with van der Waals surface area (Å²) >= 11 is 0. The van der Waals surface area contributed by atoms with Crippen LogP contribution in [-0.4, -0.2) is 55.6 Å². The molecule has 3 rings (SSSR count). The van der Waals surface area contributed by atoms with Crippen molar-refractivity contribution in [3.8, 4) is 11.5 Å². The lowest BCUT2D eigenvalue weighted by atomic mass is 9.85. The van der Waals surface area contributed by atoms with Crippen molar-refractivity contribution in [2.24, 2.45) is 5.16 Å². The summed E-state index contributed by atoms with van der Waals surface area (Å²) in [4.78, 5) is 19.2. The van der Waals surface area contributed by atoms with Gasteiger partial charge in [-0.15, -0.1) is 0 Å². The van der Waals surface area contributed by atoms with Gasteiger partial charge in [-0.2, -0.15) is 13.2 Å². The van der Waals surface area contributed by atoms with Crippen molar-refractivity contribution in [2.45, 2.75) is 43.9 Å². The van der Waals surface area contributed by atoms with Gasteiger partial charge in [0.15, 0.2) is 11.5 Å². The van der Waals surface area contributed by atoms with Gasteiger partial charge in [-0.1, -0.05) is 5.16 Å². The van der Waals surface area contributed by atoms with E-state index in [-0.39, 0.29) is 0 Å². The van der Waals surface area contributed by atoms with Crippen molar-refractivity contribution in [3.05, 3.63) is 23.8 Å². The summed E-state index contributed by atoms with van der Waals surface area (Å²) in [5.41, 5.74) is 1.12. The molecule has 1 spiro atoms. The molecule has 0 bridgehead atoms. The zero-order chi connectivity index (χ0) is 20.4. The normalized spacial score (nSPS) is 18.6. The van der Waals surface area contributed by atoms with E-state index in [1.54, 1.807) is 20.3 Å². The van der Waals surface area contributed by atoms with E-state index in [1.807, 2.05) is 12.1 Å². The predicted octanol–water partition coefficient (Wildman–Crippen LogP) is 3.53. The lowest BCUT2D eigenvalue weighted by Crippen LogP contribution is -2.47. The fraction of sp³-hybridized carbons (Fsp3) is 0.579. The van der Waals surface area contributed by atoms with Crippen LogP contribution in [0.25, 0.3) is 0 Å². The van der Waals surface area contributed by atoms with E-state index in [0.717, 1.165) is 11.3 Å². The molecule has 0 atom stereocenters. The molecule has 0 N–H and O–H groups in total. The SMILES string of the molecule is COc1ccc(C2=NOC3(CCN(C(=O)CCC(F)(F)F)CC3)C2)cc1OC. The number of amides is 1. The van der Waals surface area contributed by atoms with Gasteiger partial charge in [0.25, 0.3) is 0 Å². The third-order valence-electron chi connectivity index (χ3n) is 5.21. The first-order valence-corrected chi connectivity index (χ1v) is 9.07. The number of alkyl halides is 3. The van der Waals surface area contributed by atoms with Crippen LogP contribution in [0.2, 0.25) is 0 Å². The number of rotatable bonds is 5. The largest absolute Gasteiger partial charge is 0.493 e. The molecule has 2 aliphatic heterocycles. The number of piperidine rings is 1. The molecular weight excluding hydrogens is 377 g/mol. The van der Waals surface area contributed by atoms with E-state index in [1.165, 1.54) is 4.90 Å². The van der Waals surface area contributed by atoms with Gasteiger partial charge < -0.3 is 19.2 Å². The number of halogens is 3. The molecule has 1 amide bonds. The van der Waals surface area contributed by atoms with Gasteiger partial charge >= 0.3 is 6.18 Å². The van der Waals surface area contributed by atoms with Crippen LogP contribution in [0.15, 0.2) is 23.4 Å². The van der Waals surface area contributed by atoms with E-state index in [0.29, 0.717) is 43.9 Å². The van der Waals surface area contributed by atoms with Crippen LogP contribution < -0.4 is 9.47 Å². The second-order valence-electron chi connectivity index (χ2n) is 7.05. The molecule has 154 valence electrons. The van der Waals surface area contributed by atoms with Gasteiger partial charge in [0, 0.05) is 44.3 Å². The Balaban J connectivity index is 1.58. The minimum Gasteiger partial charge on any atom is -0.493 e. The molecule has 1 saturated heterocycles. The first kappa shape index (κ1) is 20.3. The van der Waals surface area contributed by atoms with Crippen LogP contribution in [-0.2, 0) is 9.63 Å². The minimum atomic E-state index is -4.32. The smallest absolute Gasteiger partial charge is 0.389 e. The van der Waals surface area contributed by atoms with Crippen molar-refractivity contribution in [1.29, 1.82) is 0 Å². The molecule has 2 aliphatic rings. The number of hydrogen-bond acceptors (Lipinski definition) is 5. The topological polar surface area (TPSA) is 60.4 Å². The van der Waals surface area contributed by atoms with Gasteiger partial charge in [0.1, 0.15) is 5.60 Å². The van der Waals surface area contributed by atoms with Crippen molar-refractivity contribution < 1.29 is 32.3 Å². The fourth-order valence-electron chi connectivity index (χ4n) is 3.53. The maximum absolute atomic E-state index is 12.3. The van der Waals surface area contributed by atoms with Gasteiger partial charge in [-0.3, -0.25) is 4.79 Å². The van der Waals surface area contributed by atoms with Crippen LogP contribution in [0.1, 0.15) is 37.7 Å². The Morgan fingerprint density at radius 3 is 2.50 bits per heavy atom. The van der Waals surface area contributed by atoms with Crippen LogP contribution in [0.4, 0.5) is 13.2 Å².